The van der Waals surface area contributed by atoms with Crippen molar-refractivity contribution >= 4 is 27.8 Å². The van der Waals surface area contributed by atoms with Crippen LogP contribution in [0.3, 0.4) is 0 Å². The summed E-state index contributed by atoms with van der Waals surface area (Å²) in [7, 11) is 1.62. The molecule has 2 rings (SSSR count). The van der Waals surface area contributed by atoms with E-state index in [1.165, 1.54) is 11.3 Å². The Balaban J connectivity index is 2.57. The van der Waals surface area contributed by atoms with Gasteiger partial charge in [0.25, 0.3) is 0 Å². The van der Waals surface area contributed by atoms with Crippen LogP contribution >= 0.6 is 11.3 Å². The first kappa shape index (κ1) is 9.15. The zero-order valence-electron chi connectivity index (χ0n) is 7.69. The molecule has 14 heavy (non-hydrogen) atoms. The van der Waals surface area contributed by atoms with Crippen LogP contribution in [0, 0.1) is 0 Å². The topological polar surface area (TPSA) is 39.2 Å². The van der Waals surface area contributed by atoms with Crippen LogP contribution in [0.1, 0.15) is 5.01 Å². The first-order valence-corrected chi connectivity index (χ1v) is 5.03. The molecule has 0 unspecified atom stereocenters. The van der Waals surface area contributed by atoms with Crippen LogP contribution in [0.15, 0.2) is 18.2 Å². The largest absolute Gasteiger partial charge is 0.494 e. The van der Waals surface area contributed by atoms with Crippen molar-refractivity contribution in [3.8, 4) is 5.75 Å². The fourth-order valence-corrected chi connectivity index (χ4v) is 2.22. The van der Waals surface area contributed by atoms with Crippen LogP contribution in [-0.4, -0.2) is 18.4 Å². The molecule has 1 aromatic heterocycles. The summed E-state index contributed by atoms with van der Waals surface area (Å²) < 4.78 is 6.23. The lowest BCUT2D eigenvalue weighted by Crippen LogP contribution is -1.85. The number of rotatable bonds is 3. The monoisotopic (exact) mass is 207 g/mol. The van der Waals surface area contributed by atoms with Gasteiger partial charge >= 0.3 is 0 Å². The van der Waals surface area contributed by atoms with Gasteiger partial charge < -0.3 is 9.53 Å². The van der Waals surface area contributed by atoms with Gasteiger partial charge in [-0.3, -0.25) is 0 Å². The molecule has 0 atom stereocenters. The Bertz CT molecular complexity index is 464. The van der Waals surface area contributed by atoms with E-state index in [-0.39, 0.29) is 0 Å². The minimum Gasteiger partial charge on any atom is -0.494 e. The number of methoxy groups -OCH3 is 1. The van der Waals surface area contributed by atoms with Gasteiger partial charge in [0.15, 0.2) is 0 Å². The molecule has 0 N–H and O–H groups in total. The van der Waals surface area contributed by atoms with Crippen LogP contribution in [-0.2, 0) is 11.2 Å². The molecule has 2 aromatic rings. The van der Waals surface area contributed by atoms with E-state index < -0.39 is 0 Å². The van der Waals surface area contributed by atoms with Gasteiger partial charge in [0, 0.05) is 0 Å². The third kappa shape index (κ3) is 1.48. The molecule has 0 aliphatic heterocycles. The predicted octanol–water partition coefficient (Wildman–Crippen LogP) is 2.05. The molecule has 0 saturated heterocycles. The van der Waals surface area contributed by atoms with E-state index in [4.69, 9.17) is 4.74 Å². The highest BCUT2D eigenvalue weighted by molar-refractivity contribution is 7.18. The second-order valence-electron chi connectivity index (χ2n) is 2.79. The molecule has 4 heteroatoms. The zero-order chi connectivity index (χ0) is 9.97. The van der Waals surface area contributed by atoms with Crippen molar-refractivity contribution in [3.05, 3.63) is 23.2 Å². The van der Waals surface area contributed by atoms with Gasteiger partial charge in [0.2, 0.25) is 0 Å². The summed E-state index contributed by atoms with van der Waals surface area (Å²) in [6.45, 7) is 0. The average molecular weight is 207 g/mol. The number of nitrogens with zero attached hydrogens (tertiary/aromatic N) is 1. The molecule has 1 aromatic carbocycles. The second kappa shape index (κ2) is 3.75. The smallest absolute Gasteiger partial charge is 0.145 e. The van der Waals surface area contributed by atoms with Crippen molar-refractivity contribution < 1.29 is 9.53 Å². The number of hydrogen-bond donors (Lipinski definition) is 0. The second-order valence-corrected chi connectivity index (χ2v) is 3.90. The van der Waals surface area contributed by atoms with Gasteiger partial charge in [-0.05, 0) is 12.1 Å². The molecule has 0 bridgehead atoms. The molecule has 1 heterocycles. The Morgan fingerprint density at radius 3 is 3.14 bits per heavy atom. The van der Waals surface area contributed by atoms with E-state index >= 15 is 0 Å². The van der Waals surface area contributed by atoms with Crippen molar-refractivity contribution in [1.29, 1.82) is 0 Å². The Morgan fingerprint density at radius 2 is 2.43 bits per heavy atom. The van der Waals surface area contributed by atoms with Gasteiger partial charge in [-0.15, -0.1) is 11.3 Å². The highest BCUT2D eigenvalue weighted by Gasteiger charge is 2.07. The summed E-state index contributed by atoms with van der Waals surface area (Å²) in [6, 6.07) is 5.76. The molecular formula is C10H9NO2S. The standard InChI is InChI=1S/C10H9NO2S/c1-13-7-3-2-4-8-10(7)11-9(14-8)5-6-12/h2-4,6H,5H2,1H3. The maximum atomic E-state index is 10.3. The summed E-state index contributed by atoms with van der Waals surface area (Å²) >= 11 is 1.53. The zero-order valence-corrected chi connectivity index (χ0v) is 8.50. The molecule has 0 spiro atoms. The molecule has 0 amide bonds. The first-order chi connectivity index (χ1) is 6.85. The highest BCUT2D eigenvalue weighted by Crippen LogP contribution is 2.29. The summed E-state index contributed by atoms with van der Waals surface area (Å²) in [6.07, 6.45) is 1.24. The van der Waals surface area contributed by atoms with Crippen molar-refractivity contribution in [1.82, 2.24) is 4.98 Å². The van der Waals surface area contributed by atoms with Crippen molar-refractivity contribution in [2.75, 3.05) is 7.11 Å². The number of carbonyl (C=O) groups excluding carboxylic acids is 1. The summed E-state index contributed by atoms with van der Waals surface area (Å²) in [5, 5.41) is 0.833. The van der Waals surface area contributed by atoms with Crippen LogP contribution in [0.5, 0.6) is 5.75 Å². The Morgan fingerprint density at radius 1 is 1.57 bits per heavy atom. The van der Waals surface area contributed by atoms with E-state index in [0.29, 0.717) is 6.42 Å². The third-order valence-electron chi connectivity index (χ3n) is 1.90. The number of benzene rings is 1. The maximum Gasteiger partial charge on any atom is 0.145 e. The number of carbonyl (C=O) groups is 1. The first-order valence-electron chi connectivity index (χ1n) is 4.21. The lowest BCUT2D eigenvalue weighted by molar-refractivity contribution is -0.107. The average Bonchev–Trinajstić information content (AvgIpc) is 2.60. The summed E-state index contributed by atoms with van der Waals surface area (Å²) in [5.41, 5.74) is 0.844. The maximum absolute atomic E-state index is 10.3. The molecule has 0 aliphatic rings. The van der Waals surface area contributed by atoms with Crippen LogP contribution in [0.2, 0.25) is 0 Å². The van der Waals surface area contributed by atoms with Crippen LogP contribution in [0.25, 0.3) is 10.2 Å². The van der Waals surface area contributed by atoms with Gasteiger partial charge in [0.1, 0.15) is 22.6 Å². The minimum absolute atomic E-state index is 0.377. The van der Waals surface area contributed by atoms with E-state index in [1.807, 2.05) is 18.2 Å². The number of aromatic nitrogens is 1. The molecule has 3 nitrogen and oxygen atoms in total. The van der Waals surface area contributed by atoms with E-state index in [0.717, 1.165) is 27.3 Å². The summed E-state index contributed by atoms with van der Waals surface area (Å²) in [5.74, 6) is 0.760. The van der Waals surface area contributed by atoms with Crippen molar-refractivity contribution in [2.45, 2.75) is 6.42 Å². The number of hydrogen-bond acceptors (Lipinski definition) is 4. The molecule has 72 valence electrons. The minimum atomic E-state index is 0.377. The van der Waals surface area contributed by atoms with Crippen molar-refractivity contribution in [2.24, 2.45) is 0 Å². The normalized spacial score (nSPS) is 10.4. The number of fused-ring (bicyclic) bond motifs is 1. The van der Waals surface area contributed by atoms with Crippen molar-refractivity contribution in [3.63, 3.8) is 0 Å². The van der Waals surface area contributed by atoms with E-state index in [1.54, 1.807) is 7.11 Å². The lowest BCUT2D eigenvalue weighted by atomic mass is 10.3. The molecular weight excluding hydrogens is 198 g/mol. The third-order valence-corrected chi connectivity index (χ3v) is 2.95. The SMILES string of the molecule is COc1cccc2sc(CC=O)nc12. The Labute approximate surface area is 85.3 Å². The predicted molar refractivity (Wildman–Crippen MR) is 55.9 cm³/mol. The van der Waals surface area contributed by atoms with Crippen LogP contribution in [0.4, 0.5) is 0 Å². The van der Waals surface area contributed by atoms with Gasteiger partial charge in [-0.1, -0.05) is 6.07 Å². The summed E-state index contributed by atoms with van der Waals surface area (Å²) in [4.78, 5) is 14.7. The highest BCUT2D eigenvalue weighted by atomic mass is 32.1. The molecule has 0 saturated carbocycles. The van der Waals surface area contributed by atoms with Gasteiger partial charge in [-0.2, -0.15) is 0 Å². The lowest BCUT2D eigenvalue weighted by Gasteiger charge is -1.97. The quantitative estimate of drug-likeness (QED) is 0.723. The molecule has 0 fully saturated rings. The molecule has 0 radical (unpaired) electrons. The Hall–Kier alpha value is -1.42. The van der Waals surface area contributed by atoms with E-state index in [9.17, 15) is 4.79 Å². The number of para-hydroxylation sites is 1. The molecule has 0 aliphatic carbocycles. The fourth-order valence-electron chi connectivity index (χ4n) is 1.29. The number of aldehydes is 1. The fraction of sp³-hybridized carbons (Fsp3) is 0.200. The number of thiazole rings is 1. The Kier molecular flexibility index (Phi) is 2.45. The number of ether oxygens (including phenoxy) is 1. The van der Waals surface area contributed by atoms with Gasteiger partial charge in [0.05, 0.1) is 18.2 Å². The van der Waals surface area contributed by atoms with Gasteiger partial charge in [-0.25, -0.2) is 4.98 Å². The van der Waals surface area contributed by atoms with E-state index in [2.05, 4.69) is 4.98 Å². The van der Waals surface area contributed by atoms with Crippen LogP contribution < -0.4 is 4.74 Å².